The van der Waals surface area contributed by atoms with Gasteiger partial charge in [-0.2, -0.15) is 22.7 Å². The van der Waals surface area contributed by atoms with E-state index in [1.54, 1.807) is 30.3 Å². The van der Waals surface area contributed by atoms with Crippen LogP contribution in [0.3, 0.4) is 0 Å². The van der Waals surface area contributed by atoms with Crippen molar-refractivity contribution in [3.05, 3.63) is 58.8 Å². The Bertz CT molecular complexity index is 1120. The number of hydrogen-bond acceptors (Lipinski definition) is 5. The minimum atomic E-state index is -4.71. The second-order valence-electron chi connectivity index (χ2n) is 4.91. The van der Waals surface area contributed by atoms with Crippen LogP contribution >= 0.6 is 0 Å². The van der Waals surface area contributed by atoms with Crippen LogP contribution in [-0.4, -0.2) is 29.4 Å². The van der Waals surface area contributed by atoms with Crippen LogP contribution in [-0.2, 0) is 6.18 Å². The molecule has 120 valence electrons. The molecule has 7 nitrogen and oxygen atoms in total. The molecule has 0 aliphatic carbocycles. The van der Waals surface area contributed by atoms with Gasteiger partial charge >= 0.3 is 6.18 Å². The van der Waals surface area contributed by atoms with Crippen LogP contribution in [0, 0.1) is 0 Å². The van der Waals surface area contributed by atoms with E-state index in [9.17, 15) is 18.0 Å². The normalized spacial score (nSPS) is 12.1. The summed E-state index contributed by atoms with van der Waals surface area (Å²) in [5.41, 5.74) is 0.0747. The zero-order valence-corrected chi connectivity index (χ0v) is 11.8. The third-order valence-corrected chi connectivity index (χ3v) is 3.39. The van der Waals surface area contributed by atoms with E-state index in [0.29, 0.717) is 5.69 Å². The number of aromatic nitrogens is 6. The summed E-state index contributed by atoms with van der Waals surface area (Å²) in [5.74, 6) is -1.66. The monoisotopic (exact) mass is 332 g/mol. The summed E-state index contributed by atoms with van der Waals surface area (Å²) in [7, 11) is 0. The molecule has 0 aliphatic rings. The number of alkyl halides is 3. The molecular formula is C14H7F3N6O. The van der Waals surface area contributed by atoms with Crippen LogP contribution in [0.4, 0.5) is 13.2 Å². The molecule has 1 aromatic carbocycles. The first-order valence-corrected chi connectivity index (χ1v) is 6.72. The lowest BCUT2D eigenvalue weighted by Gasteiger charge is -2.06. The predicted molar refractivity (Wildman–Crippen MR) is 76.7 cm³/mol. The fourth-order valence-electron chi connectivity index (χ4n) is 2.32. The van der Waals surface area contributed by atoms with E-state index in [4.69, 9.17) is 0 Å². The number of rotatable bonds is 1. The zero-order chi connectivity index (χ0) is 16.9. The van der Waals surface area contributed by atoms with Crippen molar-refractivity contribution in [3.63, 3.8) is 0 Å². The molecule has 4 aromatic rings. The van der Waals surface area contributed by atoms with Gasteiger partial charge in [-0.1, -0.05) is 18.2 Å². The molecular weight excluding hydrogens is 325 g/mol. The van der Waals surface area contributed by atoms with E-state index in [0.717, 1.165) is 4.52 Å². The number of hydrogen-bond donors (Lipinski definition) is 0. The number of halogens is 3. The van der Waals surface area contributed by atoms with E-state index in [2.05, 4.69) is 20.3 Å². The third kappa shape index (κ3) is 2.11. The molecule has 0 aliphatic heterocycles. The largest absolute Gasteiger partial charge is 0.453 e. The molecule has 10 heteroatoms. The van der Waals surface area contributed by atoms with Gasteiger partial charge in [0, 0.05) is 11.9 Å². The van der Waals surface area contributed by atoms with Gasteiger partial charge in [-0.25, -0.2) is 0 Å². The van der Waals surface area contributed by atoms with Crippen molar-refractivity contribution in [1.29, 1.82) is 0 Å². The van der Waals surface area contributed by atoms with Crippen molar-refractivity contribution in [1.82, 2.24) is 29.4 Å². The van der Waals surface area contributed by atoms with Crippen molar-refractivity contribution in [2.75, 3.05) is 0 Å². The van der Waals surface area contributed by atoms with Crippen LogP contribution in [0.5, 0.6) is 0 Å². The molecule has 24 heavy (non-hydrogen) atoms. The molecule has 0 bridgehead atoms. The quantitative estimate of drug-likeness (QED) is 0.531. The first-order chi connectivity index (χ1) is 11.4. The zero-order valence-electron chi connectivity index (χ0n) is 11.8. The smallest absolute Gasteiger partial charge is 0.282 e. The summed E-state index contributed by atoms with van der Waals surface area (Å²) in [4.78, 5) is 15.8. The Morgan fingerprint density at radius 3 is 2.46 bits per heavy atom. The molecule has 0 saturated carbocycles. The maximum absolute atomic E-state index is 12.7. The molecule has 0 N–H and O–H groups in total. The lowest BCUT2D eigenvalue weighted by molar-refractivity contribution is -0.144. The van der Waals surface area contributed by atoms with Gasteiger partial charge in [-0.15, -0.1) is 15.3 Å². The Kier molecular flexibility index (Phi) is 2.89. The van der Waals surface area contributed by atoms with E-state index >= 15 is 0 Å². The van der Waals surface area contributed by atoms with Gasteiger partial charge in [0.1, 0.15) is 5.52 Å². The Labute approximate surface area is 131 Å². The van der Waals surface area contributed by atoms with Crippen molar-refractivity contribution in [3.8, 4) is 5.69 Å². The Morgan fingerprint density at radius 1 is 1.00 bits per heavy atom. The second kappa shape index (κ2) is 4.85. The lowest BCUT2D eigenvalue weighted by atomic mass is 10.3. The third-order valence-electron chi connectivity index (χ3n) is 3.39. The van der Waals surface area contributed by atoms with Crippen molar-refractivity contribution < 1.29 is 13.2 Å². The van der Waals surface area contributed by atoms with Gasteiger partial charge in [-0.05, 0) is 18.2 Å². The molecule has 0 unspecified atom stereocenters. The SMILES string of the molecule is O=c1c2nnc3nc(C(F)(F)F)nn3c2ccn1-c1ccccc1. The van der Waals surface area contributed by atoms with Crippen molar-refractivity contribution >= 4 is 16.8 Å². The maximum Gasteiger partial charge on any atom is 0.453 e. The Morgan fingerprint density at radius 2 is 1.75 bits per heavy atom. The Balaban J connectivity index is 2.01. The van der Waals surface area contributed by atoms with Crippen molar-refractivity contribution in [2.24, 2.45) is 0 Å². The summed E-state index contributed by atoms with van der Waals surface area (Å²) in [6.07, 6.45) is -3.27. The number of para-hydroxylation sites is 1. The molecule has 3 aromatic heterocycles. The molecule has 0 spiro atoms. The van der Waals surface area contributed by atoms with Gasteiger partial charge in [0.2, 0.25) is 0 Å². The highest BCUT2D eigenvalue weighted by molar-refractivity contribution is 5.74. The Hall–Kier alpha value is -3.30. The first kappa shape index (κ1) is 14.3. The van der Waals surface area contributed by atoms with E-state index in [1.807, 2.05) is 0 Å². The predicted octanol–water partition coefficient (Wildman–Crippen LogP) is 1.84. The fourth-order valence-corrected chi connectivity index (χ4v) is 2.32. The summed E-state index contributed by atoms with van der Waals surface area (Å²) >= 11 is 0. The average molecular weight is 332 g/mol. The number of nitrogens with zero attached hydrogens (tertiary/aromatic N) is 6. The van der Waals surface area contributed by atoms with Crippen LogP contribution in [0.1, 0.15) is 5.82 Å². The van der Waals surface area contributed by atoms with E-state index in [-0.39, 0.29) is 16.8 Å². The topological polar surface area (TPSA) is 78.0 Å². The molecule has 3 heterocycles. The van der Waals surface area contributed by atoms with Crippen LogP contribution < -0.4 is 5.56 Å². The molecule has 0 radical (unpaired) electrons. The van der Waals surface area contributed by atoms with E-state index in [1.165, 1.54) is 16.8 Å². The van der Waals surface area contributed by atoms with Crippen LogP contribution in [0.2, 0.25) is 0 Å². The van der Waals surface area contributed by atoms with Gasteiger partial charge in [0.15, 0.2) is 5.52 Å². The summed E-state index contributed by atoms with van der Waals surface area (Å²) in [5, 5.41) is 10.7. The standard InChI is InChI=1S/C14H7F3N6O/c15-14(16,17)12-18-13-20-19-10-9(23(13)21-12)6-7-22(11(10)24)8-4-2-1-3-5-8/h1-7H. The maximum atomic E-state index is 12.7. The minimum absolute atomic E-state index is 0.0974. The van der Waals surface area contributed by atoms with Gasteiger partial charge in [0.25, 0.3) is 17.2 Å². The summed E-state index contributed by atoms with van der Waals surface area (Å²) in [6, 6.07) is 10.2. The lowest BCUT2D eigenvalue weighted by Crippen LogP contribution is -2.20. The molecule has 0 fully saturated rings. The summed E-state index contributed by atoms with van der Waals surface area (Å²) in [6.45, 7) is 0. The van der Waals surface area contributed by atoms with Gasteiger partial charge in [0.05, 0.1) is 0 Å². The molecule has 0 amide bonds. The number of pyridine rings is 1. The highest BCUT2D eigenvalue weighted by Gasteiger charge is 2.36. The number of fused-ring (bicyclic) bond motifs is 3. The van der Waals surface area contributed by atoms with Gasteiger partial charge < -0.3 is 0 Å². The molecule has 4 rings (SSSR count). The number of benzene rings is 1. The average Bonchev–Trinajstić information content (AvgIpc) is 3.01. The first-order valence-electron chi connectivity index (χ1n) is 6.72. The fraction of sp³-hybridized carbons (Fsp3) is 0.0714. The van der Waals surface area contributed by atoms with Gasteiger partial charge in [-0.3, -0.25) is 9.36 Å². The minimum Gasteiger partial charge on any atom is -0.282 e. The summed E-state index contributed by atoms with van der Waals surface area (Å²) < 4.78 is 40.4. The van der Waals surface area contributed by atoms with Crippen molar-refractivity contribution in [2.45, 2.75) is 6.18 Å². The molecule has 0 saturated heterocycles. The van der Waals surface area contributed by atoms with Crippen LogP contribution in [0.25, 0.3) is 22.5 Å². The van der Waals surface area contributed by atoms with E-state index < -0.39 is 17.6 Å². The molecule has 0 atom stereocenters. The highest BCUT2D eigenvalue weighted by Crippen LogP contribution is 2.26. The van der Waals surface area contributed by atoms with Crippen LogP contribution in [0.15, 0.2) is 47.4 Å². The second-order valence-corrected chi connectivity index (χ2v) is 4.91. The highest BCUT2D eigenvalue weighted by atomic mass is 19.4.